The van der Waals surface area contributed by atoms with Crippen LogP contribution in [0.5, 0.6) is 5.75 Å². The Morgan fingerprint density at radius 2 is 1.91 bits per heavy atom. The molecule has 0 unspecified atom stereocenters. The number of nitrogen functional groups attached to an aromatic ring is 1. The smallest absolute Gasteiger partial charge is 0.142 e. The molecule has 3 aromatic rings. The lowest BCUT2D eigenvalue weighted by Crippen LogP contribution is -2.08. The summed E-state index contributed by atoms with van der Waals surface area (Å²) in [6.45, 7) is 4.34. The van der Waals surface area contributed by atoms with Gasteiger partial charge in [-0.15, -0.1) is 0 Å². The lowest BCUT2D eigenvalue weighted by atomic mass is 9.87. The number of nitrogens with two attached hydrogens (primary N) is 1. The van der Waals surface area contributed by atoms with Crippen molar-refractivity contribution in [3.8, 4) is 22.9 Å². The third kappa shape index (κ3) is 4.28. The molecule has 0 fully saturated rings. The van der Waals surface area contributed by atoms with Gasteiger partial charge in [-0.25, -0.2) is 9.37 Å². The number of benzene rings is 2. The van der Waals surface area contributed by atoms with E-state index >= 15 is 0 Å². The van der Waals surface area contributed by atoms with Gasteiger partial charge in [0.05, 0.1) is 5.02 Å². The molecule has 6 heteroatoms. The van der Waals surface area contributed by atoms with Gasteiger partial charge in [-0.1, -0.05) is 24.1 Å². The van der Waals surface area contributed by atoms with Crippen molar-refractivity contribution < 1.29 is 9.13 Å². The second kappa shape index (κ2) is 9.18. The van der Waals surface area contributed by atoms with Crippen LogP contribution in [0.4, 0.5) is 10.2 Å². The predicted octanol–water partition coefficient (Wildman–Crippen LogP) is 6.46. The van der Waals surface area contributed by atoms with Crippen molar-refractivity contribution in [3.05, 3.63) is 74.7 Å². The Balaban J connectivity index is 1.80. The van der Waals surface area contributed by atoms with Crippen molar-refractivity contribution in [2.75, 3.05) is 5.73 Å². The molecule has 4 nitrogen and oxygen atoms in total. The number of aromatic nitrogens is 1. The van der Waals surface area contributed by atoms with Crippen molar-refractivity contribution in [1.29, 1.82) is 5.26 Å². The first-order chi connectivity index (χ1) is 15.4. The minimum Gasteiger partial charge on any atom is -0.487 e. The first kappa shape index (κ1) is 22.1. The van der Waals surface area contributed by atoms with E-state index in [1.165, 1.54) is 18.2 Å². The summed E-state index contributed by atoms with van der Waals surface area (Å²) in [7, 11) is 0. The standard InChI is InChI=1S/C26H25ClFN3O/c1-15-10-16(2)20(11-17(15)14-32-24-9-8-18(28)12-22(24)27)25-19-6-4-3-5-7-23(19)31-26(30)21(25)13-29/h8-12H,3-7,14H2,1-2H3,(H2,30,31). The molecule has 1 aliphatic carbocycles. The van der Waals surface area contributed by atoms with Gasteiger partial charge in [-0.05, 0) is 91.6 Å². The molecule has 0 saturated heterocycles. The van der Waals surface area contributed by atoms with Crippen LogP contribution in [0.3, 0.4) is 0 Å². The molecule has 0 bridgehead atoms. The molecule has 32 heavy (non-hydrogen) atoms. The van der Waals surface area contributed by atoms with E-state index in [-0.39, 0.29) is 11.6 Å². The first-order valence-corrected chi connectivity index (χ1v) is 11.2. The van der Waals surface area contributed by atoms with Crippen LogP contribution in [0.25, 0.3) is 11.1 Å². The molecule has 4 rings (SSSR count). The van der Waals surface area contributed by atoms with Gasteiger partial charge < -0.3 is 10.5 Å². The highest BCUT2D eigenvalue weighted by Crippen LogP contribution is 2.38. The molecule has 1 aliphatic rings. The highest BCUT2D eigenvalue weighted by atomic mass is 35.5. The monoisotopic (exact) mass is 449 g/mol. The third-order valence-corrected chi connectivity index (χ3v) is 6.39. The molecular weight excluding hydrogens is 425 g/mol. The first-order valence-electron chi connectivity index (χ1n) is 10.8. The molecular formula is C26H25ClFN3O. The number of hydrogen-bond donors (Lipinski definition) is 1. The summed E-state index contributed by atoms with van der Waals surface area (Å²) in [6.07, 6.45) is 5.05. The zero-order chi connectivity index (χ0) is 22.8. The SMILES string of the molecule is Cc1cc(C)c(-c2c(C#N)c(N)nc3c2CCCCC3)cc1COc1ccc(F)cc1Cl. The molecule has 164 valence electrons. The Hall–Kier alpha value is -3.10. The summed E-state index contributed by atoms with van der Waals surface area (Å²) in [5.74, 6) is 0.310. The summed E-state index contributed by atoms with van der Waals surface area (Å²) in [6, 6.07) is 10.5. The lowest BCUT2D eigenvalue weighted by Gasteiger charge is -2.19. The van der Waals surface area contributed by atoms with Crippen LogP contribution in [0, 0.1) is 31.0 Å². The van der Waals surface area contributed by atoms with Gasteiger partial charge in [0.15, 0.2) is 0 Å². The summed E-state index contributed by atoms with van der Waals surface area (Å²) >= 11 is 6.12. The number of pyridine rings is 1. The second-order valence-electron chi connectivity index (χ2n) is 8.30. The van der Waals surface area contributed by atoms with Crippen LogP contribution >= 0.6 is 11.6 Å². The van der Waals surface area contributed by atoms with Crippen LogP contribution in [-0.4, -0.2) is 4.98 Å². The highest BCUT2D eigenvalue weighted by molar-refractivity contribution is 6.32. The van der Waals surface area contributed by atoms with E-state index in [1.54, 1.807) is 0 Å². The average Bonchev–Trinajstić information content (AvgIpc) is 2.98. The van der Waals surface area contributed by atoms with Crippen LogP contribution in [0.15, 0.2) is 30.3 Å². The van der Waals surface area contributed by atoms with Crippen molar-refractivity contribution in [2.45, 2.75) is 52.6 Å². The molecule has 2 aromatic carbocycles. The van der Waals surface area contributed by atoms with Gasteiger partial charge >= 0.3 is 0 Å². The van der Waals surface area contributed by atoms with Crippen LogP contribution in [-0.2, 0) is 19.4 Å². The van der Waals surface area contributed by atoms with Crippen molar-refractivity contribution in [2.24, 2.45) is 0 Å². The molecule has 0 aliphatic heterocycles. The van der Waals surface area contributed by atoms with Gasteiger partial charge in [0.1, 0.15) is 35.6 Å². The van der Waals surface area contributed by atoms with Crippen molar-refractivity contribution >= 4 is 17.4 Å². The fraction of sp³-hybridized carbons (Fsp3) is 0.308. The largest absolute Gasteiger partial charge is 0.487 e. The van der Waals surface area contributed by atoms with E-state index in [2.05, 4.69) is 23.2 Å². The van der Waals surface area contributed by atoms with E-state index in [1.807, 2.05) is 13.8 Å². The van der Waals surface area contributed by atoms with E-state index in [0.29, 0.717) is 17.1 Å². The molecule has 2 N–H and O–H groups in total. The van der Waals surface area contributed by atoms with Gasteiger partial charge in [-0.3, -0.25) is 0 Å². The van der Waals surface area contributed by atoms with E-state index in [0.717, 1.165) is 71.2 Å². The number of hydrogen-bond acceptors (Lipinski definition) is 4. The topological polar surface area (TPSA) is 71.9 Å². The van der Waals surface area contributed by atoms with Crippen molar-refractivity contribution in [3.63, 3.8) is 0 Å². The second-order valence-corrected chi connectivity index (χ2v) is 8.71. The fourth-order valence-electron chi connectivity index (χ4n) is 4.42. The Morgan fingerprint density at radius 1 is 1.12 bits per heavy atom. The zero-order valence-corrected chi connectivity index (χ0v) is 19.0. The highest BCUT2D eigenvalue weighted by Gasteiger charge is 2.23. The minimum absolute atomic E-state index is 0.231. The number of nitriles is 1. The maximum Gasteiger partial charge on any atom is 0.142 e. The van der Waals surface area contributed by atoms with Crippen LogP contribution < -0.4 is 10.5 Å². The summed E-state index contributed by atoms with van der Waals surface area (Å²) < 4.78 is 19.3. The lowest BCUT2D eigenvalue weighted by molar-refractivity contribution is 0.305. The van der Waals surface area contributed by atoms with Gasteiger partial charge in [0.25, 0.3) is 0 Å². The predicted molar refractivity (Wildman–Crippen MR) is 125 cm³/mol. The number of anilines is 1. The number of rotatable bonds is 4. The van der Waals surface area contributed by atoms with Gasteiger partial charge in [-0.2, -0.15) is 5.26 Å². The van der Waals surface area contributed by atoms with E-state index < -0.39 is 5.82 Å². The summed E-state index contributed by atoms with van der Waals surface area (Å²) in [5.41, 5.74) is 13.8. The summed E-state index contributed by atoms with van der Waals surface area (Å²) in [5, 5.41) is 10.1. The van der Waals surface area contributed by atoms with Crippen LogP contribution in [0.2, 0.25) is 5.02 Å². The molecule has 0 amide bonds. The molecule has 0 atom stereocenters. The van der Waals surface area contributed by atoms with Gasteiger partial charge in [0, 0.05) is 11.3 Å². The third-order valence-electron chi connectivity index (χ3n) is 6.09. The Labute approximate surface area is 192 Å². The van der Waals surface area contributed by atoms with E-state index in [9.17, 15) is 9.65 Å². The number of nitrogens with zero attached hydrogens (tertiary/aromatic N) is 2. The Kier molecular flexibility index (Phi) is 6.34. The number of halogens is 2. The normalized spacial score (nSPS) is 13.2. The molecule has 0 radical (unpaired) electrons. The summed E-state index contributed by atoms with van der Waals surface area (Å²) in [4.78, 5) is 4.58. The van der Waals surface area contributed by atoms with Gasteiger partial charge in [0.2, 0.25) is 0 Å². The quantitative estimate of drug-likeness (QED) is 0.464. The maximum absolute atomic E-state index is 13.3. The Morgan fingerprint density at radius 3 is 2.66 bits per heavy atom. The molecule has 0 saturated carbocycles. The molecule has 0 spiro atoms. The number of aryl methyl sites for hydroxylation is 3. The fourth-order valence-corrected chi connectivity index (χ4v) is 4.64. The number of fused-ring (bicyclic) bond motifs is 1. The zero-order valence-electron chi connectivity index (χ0n) is 18.3. The van der Waals surface area contributed by atoms with Crippen molar-refractivity contribution in [1.82, 2.24) is 4.98 Å². The maximum atomic E-state index is 13.3. The molecule has 1 heterocycles. The number of ether oxygens (including phenoxy) is 1. The average molecular weight is 450 g/mol. The van der Waals surface area contributed by atoms with E-state index in [4.69, 9.17) is 22.1 Å². The Bertz CT molecular complexity index is 1230. The minimum atomic E-state index is -0.406. The van der Waals surface area contributed by atoms with Crippen LogP contribution in [0.1, 0.15) is 52.8 Å². The molecule has 1 aromatic heterocycles.